The molecule has 3 nitrogen and oxygen atoms in total. The second kappa shape index (κ2) is 12.0. The van der Waals surface area contributed by atoms with Crippen LogP contribution in [0.3, 0.4) is 0 Å². The number of hydrogen-bond donors (Lipinski definition) is 0. The SMILES string of the molecule is C[C@@H](CCC/C=C/[C@@H](OC(=O)c1ccccc1)C1CCCCC1)O[Si](C)(C)C(C)(C)C. The standard InChI is InChI=1S/C27H44O3Si/c1-22(30-31(5,6)27(2,3)4)16-10-7-15-21-25(23-17-11-8-12-18-23)29-26(28)24-19-13-9-14-20-24/h9,13-15,19-23,25H,7-8,10-12,16-18H2,1-6H3/b21-15+/t22-,25+/m0/s1. The van der Waals surface area contributed by atoms with Crippen LogP contribution in [-0.2, 0) is 9.16 Å². The van der Waals surface area contributed by atoms with Gasteiger partial charge in [0.05, 0.1) is 5.56 Å². The van der Waals surface area contributed by atoms with E-state index in [2.05, 4.69) is 52.9 Å². The highest BCUT2D eigenvalue weighted by Gasteiger charge is 2.38. The summed E-state index contributed by atoms with van der Waals surface area (Å²) >= 11 is 0. The van der Waals surface area contributed by atoms with Crippen LogP contribution in [0.25, 0.3) is 0 Å². The van der Waals surface area contributed by atoms with E-state index in [1.807, 2.05) is 30.3 Å². The summed E-state index contributed by atoms with van der Waals surface area (Å²) in [6.45, 7) is 13.7. The van der Waals surface area contributed by atoms with Gasteiger partial charge in [-0.25, -0.2) is 4.79 Å². The number of ether oxygens (including phenoxy) is 1. The highest BCUT2D eigenvalue weighted by atomic mass is 28.4. The minimum Gasteiger partial charge on any atom is -0.454 e. The van der Waals surface area contributed by atoms with E-state index in [1.54, 1.807) is 0 Å². The molecule has 0 aliphatic heterocycles. The lowest BCUT2D eigenvalue weighted by atomic mass is 9.85. The summed E-state index contributed by atoms with van der Waals surface area (Å²) in [5, 5.41) is 0.247. The average molecular weight is 445 g/mol. The lowest BCUT2D eigenvalue weighted by Gasteiger charge is -2.38. The molecule has 1 fully saturated rings. The van der Waals surface area contributed by atoms with E-state index in [0.29, 0.717) is 17.6 Å². The van der Waals surface area contributed by atoms with Gasteiger partial charge in [0.2, 0.25) is 0 Å². The molecule has 174 valence electrons. The Morgan fingerprint density at radius 3 is 2.39 bits per heavy atom. The van der Waals surface area contributed by atoms with Crippen molar-refractivity contribution in [2.45, 2.75) is 109 Å². The first kappa shape index (κ1) is 25.9. The zero-order valence-electron chi connectivity index (χ0n) is 20.7. The predicted octanol–water partition coefficient (Wildman–Crippen LogP) is 7.93. The van der Waals surface area contributed by atoms with Gasteiger partial charge in [-0.3, -0.25) is 0 Å². The van der Waals surface area contributed by atoms with Crippen LogP contribution < -0.4 is 0 Å². The van der Waals surface area contributed by atoms with Gasteiger partial charge >= 0.3 is 5.97 Å². The number of allylic oxidation sites excluding steroid dienone is 1. The van der Waals surface area contributed by atoms with Crippen LogP contribution >= 0.6 is 0 Å². The van der Waals surface area contributed by atoms with Gasteiger partial charge in [0.1, 0.15) is 6.10 Å². The van der Waals surface area contributed by atoms with E-state index >= 15 is 0 Å². The van der Waals surface area contributed by atoms with E-state index in [1.165, 1.54) is 19.3 Å². The molecule has 0 N–H and O–H groups in total. The lowest BCUT2D eigenvalue weighted by molar-refractivity contribution is 0.0226. The van der Waals surface area contributed by atoms with Crippen molar-refractivity contribution in [2.24, 2.45) is 5.92 Å². The van der Waals surface area contributed by atoms with Crippen molar-refractivity contribution in [3.05, 3.63) is 48.0 Å². The van der Waals surface area contributed by atoms with Crippen molar-refractivity contribution in [1.29, 1.82) is 0 Å². The molecule has 1 aliphatic carbocycles. The lowest BCUT2D eigenvalue weighted by Crippen LogP contribution is -2.43. The van der Waals surface area contributed by atoms with Crippen LogP contribution in [0.4, 0.5) is 0 Å². The van der Waals surface area contributed by atoms with Crippen LogP contribution in [0, 0.1) is 5.92 Å². The Bertz CT molecular complexity index is 684. The fourth-order valence-corrected chi connectivity index (χ4v) is 5.49. The fraction of sp³-hybridized carbons (Fsp3) is 0.667. The van der Waals surface area contributed by atoms with Crippen LogP contribution in [0.15, 0.2) is 42.5 Å². The molecule has 0 spiro atoms. The van der Waals surface area contributed by atoms with E-state index in [4.69, 9.17) is 9.16 Å². The number of unbranched alkanes of at least 4 members (excludes halogenated alkanes) is 1. The van der Waals surface area contributed by atoms with Crippen molar-refractivity contribution in [1.82, 2.24) is 0 Å². The van der Waals surface area contributed by atoms with E-state index in [0.717, 1.165) is 32.1 Å². The van der Waals surface area contributed by atoms with Crippen LogP contribution in [0.2, 0.25) is 18.1 Å². The van der Waals surface area contributed by atoms with Gasteiger partial charge in [-0.2, -0.15) is 0 Å². The summed E-state index contributed by atoms with van der Waals surface area (Å²) in [6.07, 6.45) is 13.8. The molecular formula is C27H44O3Si. The molecule has 1 aromatic rings. The molecule has 0 aromatic heterocycles. The Morgan fingerprint density at radius 1 is 1.13 bits per heavy atom. The van der Waals surface area contributed by atoms with Crippen molar-refractivity contribution in [3.8, 4) is 0 Å². The highest BCUT2D eigenvalue weighted by molar-refractivity contribution is 6.74. The maximum Gasteiger partial charge on any atom is 0.338 e. The van der Waals surface area contributed by atoms with Gasteiger partial charge in [0.15, 0.2) is 8.32 Å². The molecular weight excluding hydrogens is 400 g/mol. The van der Waals surface area contributed by atoms with Gasteiger partial charge in [0, 0.05) is 6.10 Å². The zero-order valence-corrected chi connectivity index (χ0v) is 21.7. The Kier molecular flexibility index (Phi) is 10.0. The molecule has 31 heavy (non-hydrogen) atoms. The molecule has 1 aromatic carbocycles. The quantitative estimate of drug-likeness (QED) is 0.159. The van der Waals surface area contributed by atoms with Crippen LogP contribution in [0.1, 0.15) is 89.4 Å². The topological polar surface area (TPSA) is 35.5 Å². The van der Waals surface area contributed by atoms with E-state index in [9.17, 15) is 4.79 Å². The third-order valence-electron chi connectivity index (χ3n) is 6.98. The minimum absolute atomic E-state index is 0.117. The third-order valence-corrected chi connectivity index (χ3v) is 11.6. The monoisotopic (exact) mass is 444 g/mol. The van der Waals surface area contributed by atoms with Gasteiger partial charge in [-0.05, 0) is 81.3 Å². The van der Waals surface area contributed by atoms with Gasteiger partial charge in [-0.15, -0.1) is 0 Å². The number of rotatable bonds is 10. The van der Waals surface area contributed by atoms with E-state index < -0.39 is 8.32 Å². The van der Waals surface area contributed by atoms with Crippen molar-refractivity contribution in [3.63, 3.8) is 0 Å². The number of hydrogen-bond acceptors (Lipinski definition) is 3. The second-order valence-corrected chi connectivity index (χ2v) is 15.4. The van der Waals surface area contributed by atoms with Crippen molar-refractivity contribution < 1.29 is 14.0 Å². The maximum atomic E-state index is 12.6. The summed E-state index contributed by atoms with van der Waals surface area (Å²) in [7, 11) is -1.70. The average Bonchev–Trinajstić information content (AvgIpc) is 2.72. The number of esters is 1. The molecule has 0 unspecified atom stereocenters. The Balaban J connectivity index is 1.86. The Labute approximate surface area is 191 Å². The smallest absolute Gasteiger partial charge is 0.338 e. The summed E-state index contributed by atoms with van der Waals surface area (Å²) in [5.41, 5.74) is 0.633. The summed E-state index contributed by atoms with van der Waals surface area (Å²) in [6, 6.07) is 9.34. The minimum atomic E-state index is -1.70. The van der Waals surface area contributed by atoms with Crippen LogP contribution in [0.5, 0.6) is 0 Å². The number of carbonyl (C=O) groups excluding carboxylic acids is 1. The van der Waals surface area contributed by atoms with E-state index in [-0.39, 0.29) is 17.1 Å². The molecule has 2 rings (SSSR count). The first-order chi connectivity index (χ1) is 14.6. The van der Waals surface area contributed by atoms with Crippen LogP contribution in [-0.4, -0.2) is 26.5 Å². The van der Waals surface area contributed by atoms with Gasteiger partial charge in [-0.1, -0.05) is 64.3 Å². The molecule has 2 atom stereocenters. The number of carbonyl (C=O) groups is 1. The van der Waals surface area contributed by atoms with Crippen molar-refractivity contribution >= 4 is 14.3 Å². The summed E-state index contributed by atoms with van der Waals surface area (Å²) in [4.78, 5) is 12.6. The molecule has 0 saturated heterocycles. The molecule has 1 saturated carbocycles. The molecule has 0 amide bonds. The zero-order chi connectivity index (χ0) is 22.9. The normalized spacial score (nSPS) is 18.1. The predicted molar refractivity (Wildman–Crippen MR) is 133 cm³/mol. The first-order valence-electron chi connectivity index (χ1n) is 12.2. The largest absolute Gasteiger partial charge is 0.454 e. The molecule has 1 aliphatic rings. The summed E-state index contributed by atoms with van der Waals surface area (Å²) < 4.78 is 12.4. The summed E-state index contributed by atoms with van der Waals surface area (Å²) in [5.74, 6) is 0.232. The third kappa shape index (κ3) is 8.57. The highest BCUT2D eigenvalue weighted by Crippen LogP contribution is 2.37. The Morgan fingerprint density at radius 2 is 1.77 bits per heavy atom. The fourth-order valence-electron chi connectivity index (χ4n) is 4.01. The Hall–Kier alpha value is -1.39. The molecule has 0 radical (unpaired) electrons. The van der Waals surface area contributed by atoms with Gasteiger partial charge < -0.3 is 9.16 Å². The first-order valence-corrected chi connectivity index (χ1v) is 15.1. The van der Waals surface area contributed by atoms with Crippen molar-refractivity contribution in [2.75, 3.05) is 0 Å². The molecule has 4 heteroatoms. The molecule has 0 heterocycles. The molecule has 0 bridgehead atoms. The second-order valence-electron chi connectivity index (χ2n) is 10.7. The van der Waals surface area contributed by atoms with Gasteiger partial charge in [0.25, 0.3) is 0 Å². The number of benzene rings is 1. The maximum absolute atomic E-state index is 12.6.